The first kappa shape index (κ1) is 11.5. The molecule has 1 aromatic heterocycles. The lowest BCUT2D eigenvalue weighted by molar-refractivity contribution is 0.482. The molecule has 0 fully saturated rings. The van der Waals surface area contributed by atoms with E-state index in [2.05, 4.69) is 17.2 Å². The number of ether oxygens (including phenoxy) is 1. The maximum absolute atomic E-state index is 5.75. The number of nitrogens with zero attached hydrogens (tertiary/aromatic N) is 2. The summed E-state index contributed by atoms with van der Waals surface area (Å²) in [6, 6.07) is 19.8. The van der Waals surface area contributed by atoms with Gasteiger partial charge < -0.3 is 4.74 Å². The average molecular weight is 250 g/mol. The standard InChI is InChI=1S/C16H14N2O/c1-2-5-15(6-3-1)19-16-9-7-14(8-10-16)13-18-12-4-11-17-18/h1-12H,13H2. The summed E-state index contributed by atoms with van der Waals surface area (Å²) in [4.78, 5) is 0. The van der Waals surface area contributed by atoms with Crippen molar-refractivity contribution < 1.29 is 4.74 Å². The van der Waals surface area contributed by atoms with Crippen LogP contribution in [0.1, 0.15) is 5.56 Å². The highest BCUT2D eigenvalue weighted by Crippen LogP contribution is 2.21. The van der Waals surface area contributed by atoms with Crippen LogP contribution in [0.5, 0.6) is 11.5 Å². The predicted octanol–water partition coefficient (Wildman–Crippen LogP) is 3.72. The Hall–Kier alpha value is -2.55. The van der Waals surface area contributed by atoms with Gasteiger partial charge in [-0.3, -0.25) is 4.68 Å². The Bertz CT molecular complexity index is 616. The van der Waals surface area contributed by atoms with Crippen molar-refractivity contribution in [3.8, 4) is 11.5 Å². The van der Waals surface area contributed by atoms with Gasteiger partial charge in [0.1, 0.15) is 11.5 Å². The first-order valence-corrected chi connectivity index (χ1v) is 6.19. The van der Waals surface area contributed by atoms with Crippen molar-refractivity contribution in [1.82, 2.24) is 9.78 Å². The van der Waals surface area contributed by atoms with Crippen LogP contribution in [0.15, 0.2) is 73.1 Å². The second-order valence-corrected chi connectivity index (χ2v) is 4.26. The molecule has 0 atom stereocenters. The Morgan fingerprint density at radius 2 is 1.58 bits per heavy atom. The van der Waals surface area contributed by atoms with Crippen LogP contribution in [0.25, 0.3) is 0 Å². The summed E-state index contributed by atoms with van der Waals surface area (Å²) in [7, 11) is 0. The van der Waals surface area contributed by atoms with Gasteiger partial charge in [0, 0.05) is 12.4 Å². The molecule has 0 aliphatic heterocycles. The maximum Gasteiger partial charge on any atom is 0.127 e. The highest BCUT2D eigenvalue weighted by atomic mass is 16.5. The largest absolute Gasteiger partial charge is 0.457 e. The third-order valence-electron chi connectivity index (χ3n) is 2.81. The zero-order valence-corrected chi connectivity index (χ0v) is 10.4. The molecule has 0 aliphatic rings. The highest BCUT2D eigenvalue weighted by molar-refractivity contribution is 5.32. The van der Waals surface area contributed by atoms with E-state index >= 15 is 0 Å². The van der Waals surface area contributed by atoms with Gasteiger partial charge in [-0.05, 0) is 35.9 Å². The maximum atomic E-state index is 5.75. The van der Waals surface area contributed by atoms with Crippen LogP contribution in [-0.4, -0.2) is 9.78 Å². The molecular weight excluding hydrogens is 236 g/mol. The second-order valence-electron chi connectivity index (χ2n) is 4.26. The summed E-state index contributed by atoms with van der Waals surface area (Å²) >= 11 is 0. The molecule has 3 heteroatoms. The molecule has 94 valence electrons. The molecule has 0 saturated heterocycles. The van der Waals surface area contributed by atoms with Crippen LogP contribution >= 0.6 is 0 Å². The number of para-hydroxylation sites is 1. The van der Waals surface area contributed by atoms with E-state index in [-0.39, 0.29) is 0 Å². The van der Waals surface area contributed by atoms with E-state index in [1.807, 2.05) is 59.4 Å². The van der Waals surface area contributed by atoms with Gasteiger partial charge in [0.15, 0.2) is 0 Å². The molecule has 3 nitrogen and oxygen atoms in total. The zero-order valence-electron chi connectivity index (χ0n) is 10.4. The van der Waals surface area contributed by atoms with Crippen molar-refractivity contribution in [3.05, 3.63) is 78.6 Å². The van der Waals surface area contributed by atoms with E-state index in [9.17, 15) is 0 Å². The van der Waals surface area contributed by atoms with Crippen LogP contribution in [0, 0.1) is 0 Å². The molecule has 0 bridgehead atoms. The predicted molar refractivity (Wildman–Crippen MR) is 74.3 cm³/mol. The number of aromatic nitrogens is 2. The lowest BCUT2D eigenvalue weighted by Crippen LogP contribution is -1.99. The van der Waals surface area contributed by atoms with Crippen molar-refractivity contribution in [1.29, 1.82) is 0 Å². The first-order chi connectivity index (χ1) is 9.40. The molecule has 0 spiro atoms. The fraction of sp³-hybridized carbons (Fsp3) is 0.0625. The smallest absolute Gasteiger partial charge is 0.127 e. The summed E-state index contributed by atoms with van der Waals surface area (Å²) in [5.41, 5.74) is 1.20. The SMILES string of the molecule is c1ccc(Oc2ccc(Cn3cccn3)cc2)cc1. The van der Waals surface area contributed by atoms with Gasteiger partial charge >= 0.3 is 0 Å². The molecule has 0 saturated carbocycles. The minimum Gasteiger partial charge on any atom is -0.457 e. The second kappa shape index (κ2) is 5.40. The quantitative estimate of drug-likeness (QED) is 0.705. The molecule has 0 amide bonds. The molecule has 2 aromatic carbocycles. The molecule has 0 N–H and O–H groups in total. The van der Waals surface area contributed by atoms with Crippen molar-refractivity contribution >= 4 is 0 Å². The van der Waals surface area contributed by atoms with Crippen molar-refractivity contribution in [2.24, 2.45) is 0 Å². The average Bonchev–Trinajstić information content (AvgIpc) is 2.95. The summed E-state index contributed by atoms with van der Waals surface area (Å²) in [5, 5.41) is 4.19. The van der Waals surface area contributed by atoms with Gasteiger partial charge in [-0.1, -0.05) is 30.3 Å². The number of benzene rings is 2. The third kappa shape index (κ3) is 3.01. The van der Waals surface area contributed by atoms with Crippen molar-refractivity contribution in [3.63, 3.8) is 0 Å². The third-order valence-corrected chi connectivity index (χ3v) is 2.81. The minimum absolute atomic E-state index is 0.776. The van der Waals surface area contributed by atoms with Gasteiger partial charge in [0.2, 0.25) is 0 Å². The van der Waals surface area contributed by atoms with Gasteiger partial charge in [-0.2, -0.15) is 5.10 Å². The fourth-order valence-corrected chi connectivity index (χ4v) is 1.87. The van der Waals surface area contributed by atoms with Crippen LogP contribution in [0.2, 0.25) is 0 Å². The Kier molecular flexibility index (Phi) is 3.28. The topological polar surface area (TPSA) is 27.1 Å². The zero-order chi connectivity index (χ0) is 12.9. The van der Waals surface area contributed by atoms with Crippen LogP contribution in [-0.2, 0) is 6.54 Å². The van der Waals surface area contributed by atoms with Crippen molar-refractivity contribution in [2.45, 2.75) is 6.54 Å². The molecule has 19 heavy (non-hydrogen) atoms. The fourth-order valence-electron chi connectivity index (χ4n) is 1.87. The van der Waals surface area contributed by atoms with Crippen molar-refractivity contribution in [2.75, 3.05) is 0 Å². The Morgan fingerprint density at radius 3 is 2.26 bits per heavy atom. The van der Waals surface area contributed by atoms with E-state index in [0.717, 1.165) is 18.0 Å². The van der Waals surface area contributed by atoms with E-state index in [1.165, 1.54) is 5.56 Å². The first-order valence-electron chi connectivity index (χ1n) is 6.19. The molecule has 3 aromatic rings. The Labute approximate surface area is 112 Å². The lowest BCUT2D eigenvalue weighted by Gasteiger charge is -2.07. The minimum atomic E-state index is 0.776. The van der Waals surface area contributed by atoms with Crippen LogP contribution in [0.3, 0.4) is 0 Å². The van der Waals surface area contributed by atoms with Gasteiger partial charge in [0.25, 0.3) is 0 Å². The lowest BCUT2D eigenvalue weighted by atomic mass is 10.2. The number of hydrogen-bond acceptors (Lipinski definition) is 2. The number of hydrogen-bond donors (Lipinski definition) is 0. The van der Waals surface area contributed by atoms with E-state index < -0.39 is 0 Å². The van der Waals surface area contributed by atoms with Crippen LogP contribution < -0.4 is 4.74 Å². The van der Waals surface area contributed by atoms with E-state index in [4.69, 9.17) is 4.74 Å². The molecule has 1 heterocycles. The molecule has 3 rings (SSSR count). The van der Waals surface area contributed by atoms with Gasteiger partial charge in [0.05, 0.1) is 6.54 Å². The molecular formula is C16H14N2O. The Morgan fingerprint density at radius 1 is 0.842 bits per heavy atom. The molecule has 0 radical (unpaired) electrons. The summed E-state index contributed by atoms with van der Waals surface area (Å²) in [5.74, 6) is 1.69. The normalized spacial score (nSPS) is 10.3. The van der Waals surface area contributed by atoms with E-state index in [1.54, 1.807) is 6.20 Å². The van der Waals surface area contributed by atoms with Gasteiger partial charge in [-0.15, -0.1) is 0 Å². The highest BCUT2D eigenvalue weighted by Gasteiger charge is 1.98. The van der Waals surface area contributed by atoms with E-state index in [0.29, 0.717) is 0 Å². The Balaban J connectivity index is 1.69. The summed E-state index contributed by atoms with van der Waals surface area (Å²) in [6.45, 7) is 0.776. The molecule has 0 aliphatic carbocycles. The molecule has 0 unspecified atom stereocenters. The summed E-state index contributed by atoms with van der Waals surface area (Å²) < 4.78 is 7.64. The monoisotopic (exact) mass is 250 g/mol. The number of rotatable bonds is 4. The summed E-state index contributed by atoms with van der Waals surface area (Å²) in [6.07, 6.45) is 3.74. The van der Waals surface area contributed by atoms with Crippen LogP contribution in [0.4, 0.5) is 0 Å². The van der Waals surface area contributed by atoms with Gasteiger partial charge in [-0.25, -0.2) is 0 Å².